The topological polar surface area (TPSA) is 103 Å². The summed E-state index contributed by atoms with van der Waals surface area (Å²) in [6, 6.07) is 2.60. The van der Waals surface area contributed by atoms with Crippen molar-refractivity contribution >= 4 is 5.97 Å². The summed E-state index contributed by atoms with van der Waals surface area (Å²) in [7, 11) is 2.90. The van der Waals surface area contributed by atoms with Crippen molar-refractivity contribution in [2.75, 3.05) is 0 Å². The minimum Gasteiger partial charge on any atom is -0.486 e. The molecule has 0 aliphatic heterocycles. The lowest BCUT2D eigenvalue weighted by Gasteiger charge is -2.10. The Hall–Kier alpha value is -2.90. The molecule has 0 radical (unpaired) electrons. The van der Waals surface area contributed by atoms with Crippen LogP contribution >= 0.6 is 0 Å². The SMILES string of the molecule is Cn1c(COc2cncc(C(=O)O)c2)cc(=O)n(C)c1=O. The van der Waals surface area contributed by atoms with Gasteiger partial charge in [0.1, 0.15) is 12.4 Å². The van der Waals surface area contributed by atoms with E-state index in [9.17, 15) is 14.4 Å². The monoisotopic (exact) mass is 291 g/mol. The molecule has 110 valence electrons. The molecule has 2 heterocycles. The van der Waals surface area contributed by atoms with Crippen LogP contribution in [0.4, 0.5) is 0 Å². The van der Waals surface area contributed by atoms with Crippen molar-refractivity contribution in [3.63, 3.8) is 0 Å². The largest absolute Gasteiger partial charge is 0.486 e. The van der Waals surface area contributed by atoms with E-state index in [4.69, 9.17) is 9.84 Å². The van der Waals surface area contributed by atoms with Gasteiger partial charge in [-0.3, -0.25) is 18.9 Å². The van der Waals surface area contributed by atoms with Gasteiger partial charge in [0.15, 0.2) is 0 Å². The molecule has 0 amide bonds. The molecule has 0 aromatic carbocycles. The third-order valence-electron chi connectivity index (χ3n) is 2.97. The predicted molar refractivity (Wildman–Crippen MR) is 72.5 cm³/mol. The van der Waals surface area contributed by atoms with Crippen LogP contribution in [0.15, 0.2) is 34.1 Å². The molecule has 0 saturated heterocycles. The fraction of sp³-hybridized carbons (Fsp3) is 0.231. The molecule has 1 N–H and O–H groups in total. The summed E-state index contributed by atoms with van der Waals surface area (Å²) in [5.41, 5.74) is -0.526. The highest BCUT2D eigenvalue weighted by atomic mass is 16.5. The number of nitrogens with zero attached hydrogens (tertiary/aromatic N) is 3. The van der Waals surface area contributed by atoms with Gasteiger partial charge in [-0.15, -0.1) is 0 Å². The summed E-state index contributed by atoms with van der Waals surface area (Å²) >= 11 is 0. The summed E-state index contributed by atoms with van der Waals surface area (Å²) < 4.78 is 7.65. The maximum absolute atomic E-state index is 11.7. The quantitative estimate of drug-likeness (QED) is 0.833. The highest BCUT2D eigenvalue weighted by Crippen LogP contribution is 2.12. The molecular formula is C13H13N3O5. The average Bonchev–Trinajstić information content (AvgIpc) is 2.47. The Morgan fingerprint density at radius 2 is 1.95 bits per heavy atom. The number of hydrogen-bond acceptors (Lipinski definition) is 5. The highest BCUT2D eigenvalue weighted by Gasteiger charge is 2.08. The number of ether oxygens (including phenoxy) is 1. The second kappa shape index (κ2) is 5.61. The number of carboxylic acid groups (broad SMARTS) is 1. The first kappa shape index (κ1) is 14.5. The van der Waals surface area contributed by atoms with Gasteiger partial charge in [0, 0.05) is 26.4 Å². The Labute approximate surface area is 118 Å². The minimum absolute atomic E-state index is 0.00892. The molecule has 0 atom stereocenters. The fourth-order valence-electron chi connectivity index (χ4n) is 1.69. The van der Waals surface area contributed by atoms with Crippen LogP contribution in [0.3, 0.4) is 0 Å². The van der Waals surface area contributed by atoms with Crippen LogP contribution < -0.4 is 16.0 Å². The molecule has 0 bridgehead atoms. The second-order valence-electron chi connectivity index (χ2n) is 4.38. The van der Waals surface area contributed by atoms with Gasteiger partial charge < -0.3 is 9.84 Å². The van der Waals surface area contributed by atoms with Gasteiger partial charge in [-0.2, -0.15) is 0 Å². The van der Waals surface area contributed by atoms with Crippen LogP contribution in [0, 0.1) is 0 Å². The summed E-state index contributed by atoms with van der Waals surface area (Å²) in [5, 5.41) is 8.86. The van der Waals surface area contributed by atoms with Crippen LogP contribution in [0.5, 0.6) is 5.75 Å². The standard InChI is InChI=1S/C13H13N3O5/c1-15-9(4-11(17)16(2)13(15)20)7-21-10-3-8(12(18)19)5-14-6-10/h3-6H,7H2,1-2H3,(H,18,19). The van der Waals surface area contributed by atoms with Crippen molar-refractivity contribution in [3.8, 4) is 5.75 Å². The number of carboxylic acids is 1. The molecule has 0 unspecified atom stereocenters. The molecule has 0 spiro atoms. The van der Waals surface area contributed by atoms with E-state index < -0.39 is 17.2 Å². The van der Waals surface area contributed by atoms with E-state index in [1.54, 1.807) is 0 Å². The van der Waals surface area contributed by atoms with E-state index >= 15 is 0 Å². The van der Waals surface area contributed by atoms with Gasteiger partial charge in [0.25, 0.3) is 5.56 Å². The molecular weight excluding hydrogens is 278 g/mol. The number of pyridine rings is 1. The Bertz CT molecular complexity index is 806. The zero-order valence-corrected chi connectivity index (χ0v) is 11.4. The molecule has 0 aliphatic rings. The maximum Gasteiger partial charge on any atom is 0.337 e. The summed E-state index contributed by atoms with van der Waals surface area (Å²) in [5.74, 6) is -0.878. The van der Waals surface area contributed by atoms with E-state index in [1.807, 2.05) is 0 Å². The van der Waals surface area contributed by atoms with Gasteiger partial charge in [0.2, 0.25) is 0 Å². The average molecular weight is 291 g/mol. The van der Waals surface area contributed by atoms with Crippen LogP contribution in [0.25, 0.3) is 0 Å². The Morgan fingerprint density at radius 3 is 2.62 bits per heavy atom. The zero-order chi connectivity index (χ0) is 15.6. The van der Waals surface area contributed by atoms with Crippen LogP contribution in [-0.4, -0.2) is 25.2 Å². The van der Waals surface area contributed by atoms with E-state index in [0.29, 0.717) is 5.69 Å². The van der Waals surface area contributed by atoms with E-state index in [2.05, 4.69) is 4.98 Å². The lowest BCUT2D eigenvalue weighted by atomic mass is 10.3. The molecule has 21 heavy (non-hydrogen) atoms. The molecule has 2 rings (SSSR count). The fourth-order valence-corrected chi connectivity index (χ4v) is 1.69. The molecule has 2 aromatic rings. The van der Waals surface area contributed by atoms with Crippen LogP contribution in [-0.2, 0) is 20.7 Å². The number of hydrogen-bond donors (Lipinski definition) is 1. The molecule has 8 nitrogen and oxygen atoms in total. The third kappa shape index (κ3) is 2.99. The normalized spacial score (nSPS) is 10.4. The van der Waals surface area contributed by atoms with Crippen molar-refractivity contribution in [1.29, 1.82) is 0 Å². The first-order valence-electron chi connectivity index (χ1n) is 5.97. The van der Waals surface area contributed by atoms with Gasteiger partial charge in [-0.05, 0) is 6.07 Å². The minimum atomic E-state index is -1.12. The summed E-state index contributed by atoms with van der Waals surface area (Å²) in [6.07, 6.45) is 2.55. The Kier molecular flexibility index (Phi) is 3.88. The Balaban J connectivity index is 2.25. The van der Waals surface area contributed by atoms with Crippen molar-refractivity contribution in [2.45, 2.75) is 6.61 Å². The Morgan fingerprint density at radius 1 is 1.24 bits per heavy atom. The smallest absolute Gasteiger partial charge is 0.337 e. The number of carbonyl (C=O) groups is 1. The third-order valence-corrected chi connectivity index (χ3v) is 2.97. The van der Waals surface area contributed by atoms with Gasteiger partial charge in [0.05, 0.1) is 17.5 Å². The van der Waals surface area contributed by atoms with Crippen molar-refractivity contribution in [1.82, 2.24) is 14.1 Å². The first-order chi connectivity index (χ1) is 9.90. The molecule has 0 aliphatic carbocycles. The van der Waals surface area contributed by atoms with Crippen LogP contribution in [0.2, 0.25) is 0 Å². The molecule has 8 heteroatoms. The zero-order valence-electron chi connectivity index (χ0n) is 11.4. The second-order valence-corrected chi connectivity index (χ2v) is 4.38. The van der Waals surface area contributed by atoms with E-state index in [-0.39, 0.29) is 17.9 Å². The van der Waals surface area contributed by atoms with Crippen molar-refractivity contribution in [3.05, 3.63) is 56.6 Å². The molecule has 2 aromatic heterocycles. The summed E-state index contributed by atoms with van der Waals surface area (Å²) in [6.45, 7) is -0.0490. The predicted octanol–water partition coefficient (Wildman–Crippen LogP) is -0.244. The lowest BCUT2D eigenvalue weighted by molar-refractivity contribution is 0.0696. The summed E-state index contributed by atoms with van der Waals surface area (Å²) in [4.78, 5) is 37.9. The van der Waals surface area contributed by atoms with Gasteiger partial charge in [-0.1, -0.05) is 0 Å². The number of aromatic nitrogens is 3. The lowest BCUT2D eigenvalue weighted by Crippen LogP contribution is -2.38. The van der Waals surface area contributed by atoms with E-state index in [0.717, 1.165) is 4.57 Å². The van der Waals surface area contributed by atoms with Crippen molar-refractivity contribution in [2.24, 2.45) is 14.1 Å². The first-order valence-corrected chi connectivity index (χ1v) is 5.97. The molecule has 0 fully saturated rings. The number of aromatic carboxylic acids is 1. The van der Waals surface area contributed by atoms with Crippen LogP contribution in [0.1, 0.15) is 16.1 Å². The van der Waals surface area contributed by atoms with Gasteiger partial charge >= 0.3 is 11.7 Å². The molecule has 0 saturated carbocycles. The van der Waals surface area contributed by atoms with Gasteiger partial charge in [-0.25, -0.2) is 9.59 Å². The maximum atomic E-state index is 11.7. The highest BCUT2D eigenvalue weighted by molar-refractivity contribution is 5.87. The van der Waals surface area contributed by atoms with E-state index in [1.165, 1.54) is 43.2 Å². The van der Waals surface area contributed by atoms with Crippen molar-refractivity contribution < 1.29 is 14.6 Å². The number of rotatable bonds is 4.